The van der Waals surface area contributed by atoms with E-state index in [0.29, 0.717) is 5.92 Å². The quantitative estimate of drug-likeness (QED) is 0.902. The Labute approximate surface area is 128 Å². The van der Waals surface area contributed by atoms with Gasteiger partial charge in [-0.3, -0.25) is 4.98 Å². The maximum atomic E-state index is 5.94. The summed E-state index contributed by atoms with van der Waals surface area (Å²) in [6.07, 6.45) is 3.89. The van der Waals surface area contributed by atoms with Gasteiger partial charge < -0.3 is 15.0 Å². The molecular formula is C16H28N4O. The van der Waals surface area contributed by atoms with Crippen molar-refractivity contribution in [1.82, 2.24) is 15.3 Å². The normalized spacial score (nSPS) is 21.8. The lowest BCUT2D eigenvalue weighted by Gasteiger charge is -2.42. The van der Waals surface area contributed by atoms with Crippen molar-refractivity contribution in [2.45, 2.75) is 52.9 Å². The molecule has 0 radical (unpaired) electrons. The van der Waals surface area contributed by atoms with Crippen molar-refractivity contribution in [2.75, 3.05) is 24.5 Å². The van der Waals surface area contributed by atoms with Crippen LogP contribution in [-0.2, 0) is 11.3 Å². The molecule has 0 aromatic carbocycles. The first kappa shape index (κ1) is 16.2. The molecule has 1 aliphatic rings. The molecule has 1 aliphatic heterocycles. The number of morpholine rings is 1. The fraction of sp³-hybridized carbons (Fsp3) is 0.750. The SMILES string of the molecule is CC(C)CNCc1cncc(N2CC(C)OC(C)(C)C2)n1. The third-order valence-electron chi connectivity index (χ3n) is 3.42. The van der Waals surface area contributed by atoms with E-state index in [1.165, 1.54) is 0 Å². The van der Waals surface area contributed by atoms with Crippen molar-refractivity contribution in [1.29, 1.82) is 0 Å². The van der Waals surface area contributed by atoms with Crippen LogP contribution in [0.4, 0.5) is 5.82 Å². The highest BCUT2D eigenvalue weighted by molar-refractivity contribution is 5.38. The van der Waals surface area contributed by atoms with Gasteiger partial charge >= 0.3 is 0 Å². The van der Waals surface area contributed by atoms with Crippen LogP contribution in [0, 0.1) is 5.92 Å². The van der Waals surface area contributed by atoms with Crippen molar-refractivity contribution in [3.63, 3.8) is 0 Å². The van der Waals surface area contributed by atoms with Crippen LogP contribution in [0.1, 0.15) is 40.3 Å². The van der Waals surface area contributed by atoms with Crippen molar-refractivity contribution in [3.8, 4) is 0 Å². The first-order valence-corrected chi connectivity index (χ1v) is 7.80. The second-order valence-electron chi connectivity index (χ2n) is 6.96. The van der Waals surface area contributed by atoms with E-state index in [2.05, 4.69) is 49.8 Å². The summed E-state index contributed by atoms with van der Waals surface area (Å²) in [5.41, 5.74) is 0.843. The highest BCUT2D eigenvalue weighted by Crippen LogP contribution is 2.24. The first-order chi connectivity index (χ1) is 9.85. The molecule has 0 saturated carbocycles. The predicted octanol–water partition coefficient (Wildman–Crippen LogP) is 2.23. The number of anilines is 1. The molecule has 0 bridgehead atoms. The summed E-state index contributed by atoms with van der Waals surface area (Å²) in [5.74, 6) is 1.59. The van der Waals surface area contributed by atoms with Crippen LogP contribution >= 0.6 is 0 Å². The molecule has 1 unspecified atom stereocenters. The van der Waals surface area contributed by atoms with Gasteiger partial charge in [0, 0.05) is 25.8 Å². The number of ether oxygens (including phenoxy) is 1. The third-order valence-corrected chi connectivity index (χ3v) is 3.42. The van der Waals surface area contributed by atoms with Gasteiger partial charge in [-0.15, -0.1) is 0 Å². The van der Waals surface area contributed by atoms with E-state index in [0.717, 1.165) is 37.7 Å². The molecule has 2 heterocycles. The fourth-order valence-corrected chi connectivity index (χ4v) is 2.75. The molecule has 0 amide bonds. The van der Waals surface area contributed by atoms with Crippen LogP contribution in [0.2, 0.25) is 0 Å². The van der Waals surface area contributed by atoms with Crippen LogP contribution in [0.25, 0.3) is 0 Å². The van der Waals surface area contributed by atoms with Crippen molar-refractivity contribution in [2.24, 2.45) is 5.92 Å². The molecule has 118 valence electrons. The Balaban J connectivity index is 2.03. The van der Waals surface area contributed by atoms with E-state index in [1.807, 2.05) is 12.4 Å². The number of hydrogen-bond donors (Lipinski definition) is 1. The molecule has 1 aromatic rings. The van der Waals surface area contributed by atoms with Crippen LogP contribution in [0.3, 0.4) is 0 Å². The minimum Gasteiger partial charge on any atom is -0.369 e. The van der Waals surface area contributed by atoms with Crippen LogP contribution in [0.15, 0.2) is 12.4 Å². The van der Waals surface area contributed by atoms with Crippen molar-refractivity contribution >= 4 is 5.82 Å². The average molecular weight is 292 g/mol. The van der Waals surface area contributed by atoms with Gasteiger partial charge in [-0.1, -0.05) is 13.8 Å². The lowest BCUT2D eigenvalue weighted by atomic mass is 10.1. The molecule has 21 heavy (non-hydrogen) atoms. The molecule has 2 rings (SSSR count). The van der Waals surface area contributed by atoms with Gasteiger partial charge in [-0.25, -0.2) is 4.98 Å². The van der Waals surface area contributed by atoms with E-state index in [-0.39, 0.29) is 11.7 Å². The number of nitrogens with one attached hydrogen (secondary N) is 1. The number of nitrogens with zero attached hydrogens (tertiary/aromatic N) is 3. The largest absolute Gasteiger partial charge is 0.369 e. The molecule has 0 aliphatic carbocycles. The molecule has 5 nitrogen and oxygen atoms in total. The molecule has 1 fully saturated rings. The molecule has 1 aromatic heterocycles. The van der Waals surface area contributed by atoms with Gasteiger partial charge in [0.1, 0.15) is 5.82 Å². The van der Waals surface area contributed by atoms with Gasteiger partial charge in [0.2, 0.25) is 0 Å². The second kappa shape index (κ2) is 6.71. The Morgan fingerprint density at radius 1 is 1.43 bits per heavy atom. The monoisotopic (exact) mass is 292 g/mol. The Morgan fingerprint density at radius 3 is 2.86 bits per heavy atom. The maximum absolute atomic E-state index is 5.94. The maximum Gasteiger partial charge on any atom is 0.147 e. The minimum atomic E-state index is -0.148. The highest BCUT2D eigenvalue weighted by atomic mass is 16.5. The Morgan fingerprint density at radius 2 is 2.19 bits per heavy atom. The summed E-state index contributed by atoms with van der Waals surface area (Å²) >= 11 is 0. The zero-order chi connectivity index (χ0) is 15.5. The molecule has 5 heteroatoms. The van der Waals surface area contributed by atoms with Gasteiger partial charge in [0.15, 0.2) is 0 Å². The number of hydrogen-bond acceptors (Lipinski definition) is 5. The zero-order valence-electron chi connectivity index (χ0n) is 13.9. The highest BCUT2D eigenvalue weighted by Gasteiger charge is 2.32. The Kier molecular flexibility index (Phi) is 5.17. The summed E-state index contributed by atoms with van der Waals surface area (Å²) in [6, 6.07) is 0. The topological polar surface area (TPSA) is 50.3 Å². The summed E-state index contributed by atoms with van der Waals surface area (Å²) in [6.45, 7) is 14.2. The van der Waals surface area contributed by atoms with Gasteiger partial charge in [-0.2, -0.15) is 0 Å². The second-order valence-corrected chi connectivity index (χ2v) is 6.96. The zero-order valence-corrected chi connectivity index (χ0v) is 13.9. The minimum absolute atomic E-state index is 0.148. The van der Waals surface area contributed by atoms with Crippen molar-refractivity contribution < 1.29 is 4.74 Å². The molecule has 0 spiro atoms. The first-order valence-electron chi connectivity index (χ1n) is 7.80. The smallest absolute Gasteiger partial charge is 0.147 e. The van der Waals surface area contributed by atoms with Gasteiger partial charge in [-0.05, 0) is 33.2 Å². The van der Waals surface area contributed by atoms with E-state index in [9.17, 15) is 0 Å². The van der Waals surface area contributed by atoms with Gasteiger partial charge in [0.05, 0.1) is 23.6 Å². The van der Waals surface area contributed by atoms with Gasteiger partial charge in [0.25, 0.3) is 0 Å². The van der Waals surface area contributed by atoms with E-state index < -0.39 is 0 Å². The number of aromatic nitrogens is 2. The Hall–Kier alpha value is -1.20. The van der Waals surface area contributed by atoms with Crippen LogP contribution in [0.5, 0.6) is 0 Å². The van der Waals surface area contributed by atoms with Crippen LogP contribution in [-0.4, -0.2) is 41.3 Å². The summed E-state index contributed by atoms with van der Waals surface area (Å²) < 4.78 is 5.94. The third kappa shape index (κ3) is 4.93. The predicted molar refractivity (Wildman–Crippen MR) is 85.4 cm³/mol. The molecule has 1 atom stereocenters. The standard InChI is InChI=1S/C16H28N4O/c1-12(2)6-17-7-14-8-18-9-15(19-14)20-10-13(3)21-16(4,5)11-20/h8-9,12-13,17H,6-7,10-11H2,1-5H3. The molecule has 1 saturated heterocycles. The van der Waals surface area contributed by atoms with Crippen LogP contribution < -0.4 is 10.2 Å². The van der Waals surface area contributed by atoms with E-state index in [1.54, 1.807) is 0 Å². The lowest BCUT2D eigenvalue weighted by molar-refractivity contribution is -0.0751. The van der Waals surface area contributed by atoms with E-state index >= 15 is 0 Å². The van der Waals surface area contributed by atoms with Crippen molar-refractivity contribution in [3.05, 3.63) is 18.1 Å². The summed E-state index contributed by atoms with van der Waals surface area (Å²) in [4.78, 5) is 11.4. The fourth-order valence-electron chi connectivity index (χ4n) is 2.75. The summed E-state index contributed by atoms with van der Waals surface area (Å²) in [5, 5.41) is 3.41. The van der Waals surface area contributed by atoms with E-state index in [4.69, 9.17) is 9.72 Å². The lowest BCUT2D eigenvalue weighted by Crippen LogP contribution is -2.52. The Bertz CT molecular complexity index is 461. The molecular weight excluding hydrogens is 264 g/mol. The number of rotatable bonds is 5. The molecule has 1 N–H and O–H groups in total. The average Bonchev–Trinajstić information content (AvgIpc) is 2.36. The summed E-state index contributed by atoms with van der Waals surface area (Å²) in [7, 11) is 0.